The number of carbonyl (C=O) groups is 1. The summed E-state index contributed by atoms with van der Waals surface area (Å²) in [5, 5.41) is 1.26. The van der Waals surface area contributed by atoms with E-state index >= 15 is 0 Å². The number of halogens is 2. The summed E-state index contributed by atoms with van der Waals surface area (Å²) in [5.41, 5.74) is 2.27. The van der Waals surface area contributed by atoms with Gasteiger partial charge in [0.05, 0.1) is 23.6 Å². The summed E-state index contributed by atoms with van der Waals surface area (Å²) in [7, 11) is 1.81. The number of fused-ring (bicyclic) bond motifs is 1. The predicted octanol–water partition coefficient (Wildman–Crippen LogP) is 6.23. The molecule has 33 heavy (non-hydrogen) atoms. The Kier molecular flexibility index (Phi) is 6.78. The second kappa shape index (κ2) is 9.43. The number of hydrogen-bond donors (Lipinski definition) is 0. The first-order valence-electron chi connectivity index (χ1n) is 11.2. The molecule has 2 heterocycles. The fourth-order valence-electron chi connectivity index (χ4n) is 4.24. The molecule has 0 saturated carbocycles. The number of nitrogens with zero attached hydrogens (tertiary/aromatic N) is 4. The molecule has 8 heteroatoms. The van der Waals surface area contributed by atoms with Crippen molar-refractivity contribution in [2.45, 2.75) is 51.8 Å². The third-order valence-electron chi connectivity index (χ3n) is 5.92. The molecule has 2 aromatic carbocycles. The number of anilines is 1. The van der Waals surface area contributed by atoms with Crippen LogP contribution in [0, 0.1) is 0 Å². The fourth-order valence-corrected chi connectivity index (χ4v) is 4.75. The smallest absolute Gasteiger partial charge is 0.410 e. The van der Waals surface area contributed by atoms with Crippen LogP contribution in [0.15, 0.2) is 42.5 Å². The van der Waals surface area contributed by atoms with Crippen molar-refractivity contribution in [3.63, 3.8) is 0 Å². The number of benzene rings is 2. The number of rotatable bonds is 4. The number of likely N-dealkylation sites (N-methyl/N-ethyl adjacent to an activating group) is 1. The zero-order chi connectivity index (χ0) is 23.8. The number of ether oxygens (including phenoxy) is 1. The Morgan fingerprint density at radius 3 is 2.55 bits per heavy atom. The van der Waals surface area contributed by atoms with E-state index in [2.05, 4.69) is 15.5 Å². The van der Waals surface area contributed by atoms with Gasteiger partial charge in [0.1, 0.15) is 5.60 Å². The molecule has 1 amide bonds. The highest BCUT2D eigenvalue weighted by Gasteiger charge is 2.31. The Morgan fingerprint density at radius 2 is 1.85 bits per heavy atom. The summed E-state index contributed by atoms with van der Waals surface area (Å²) in [4.78, 5) is 21.6. The molecular formula is C25H30Cl2N4O2. The molecule has 1 aliphatic heterocycles. The first-order valence-corrected chi connectivity index (χ1v) is 12.0. The lowest BCUT2D eigenvalue weighted by Gasteiger charge is -2.38. The van der Waals surface area contributed by atoms with Crippen LogP contribution in [0.5, 0.6) is 0 Å². The van der Waals surface area contributed by atoms with Gasteiger partial charge in [0.15, 0.2) is 0 Å². The van der Waals surface area contributed by atoms with Gasteiger partial charge in [0, 0.05) is 35.7 Å². The van der Waals surface area contributed by atoms with Crippen molar-refractivity contribution < 1.29 is 9.53 Å². The SMILES string of the molecule is CN(C(=O)OC(C)(C)C)[C@@H]1CCCN(c2nc3ccccc3n2Cc2c(Cl)cccc2Cl)C1. The standard InChI is InChI=1S/C25H30Cl2N4O2/c1-25(2,3)33-24(32)29(4)17-9-8-14-30(15-17)23-28-21-12-5-6-13-22(21)31(23)16-18-19(26)10-7-11-20(18)27/h5-7,10-13,17H,8-9,14-16H2,1-4H3/t17-/m1/s1. The summed E-state index contributed by atoms with van der Waals surface area (Å²) in [6.07, 6.45) is 1.57. The molecule has 3 aromatic rings. The Morgan fingerprint density at radius 1 is 1.15 bits per heavy atom. The van der Waals surface area contributed by atoms with Gasteiger partial charge in [-0.15, -0.1) is 0 Å². The van der Waals surface area contributed by atoms with E-state index in [1.54, 1.807) is 4.90 Å². The molecule has 0 spiro atoms. The lowest BCUT2D eigenvalue weighted by atomic mass is 10.1. The molecule has 6 nitrogen and oxygen atoms in total. The minimum Gasteiger partial charge on any atom is -0.444 e. The number of imidazole rings is 1. The van der Waals surface area contributed by atoms with Crippen LogP contribution in [0.4, 0.5) is 10.7 Å². The number of aromatic nitrogens is 2. The van der Waals surface area contributed by atoms with Crippen LogP contribution in [0.1, 0.15) is 39.2 Å². The highest BCUT2D eigenvalue weighted by molar-refractivity contribution is 6.36. The summed E-state index contributed by atoms with van der Waals surface area (Å²) in [5.74, 6) is 0.856. The van der Waals surface area contributed by atoms with E-state index in [0.717, 1.165) is 41.9 Å². The van der Waals surface area contributed by atoms with Crippen LogP contribution >= 0.6 is 23.2 Å². The van der Waals surface area contributed by atoms with E-state index in [9.17, 15) is 4.79 Å². The maximum atomic E-state index is 12.7. The van der Waals surface area contributed by atoms with Crippen molar-refractivity contribution in [3.05, 3.63) is 58.1 Å². The van der Waals surface area contributed by atoms with Gasteiger partial charge >= 0.3 is 6.09 Å². The lowest BCUT2D eigenvalue weighted by Crippen LogP contribution is -2.50. The number of para-hydroxylation sites is 2. The van der Waals surface area contributed by atoms with Crippen molar-refractivity contribution in [2.75, 3.05) is 25.0 Å². The Bertz CT molecular complexity index is 1130. The zero-order valence-electron chi connectivity index (χ0n) is 19.5. The van der Waals surface area contributed by atoms with Crippen LogP contribution in [-0.2, 0) is 11.3 Å². The van der Waals surface area contributed by atoms with Crippen molar-refractivity contribution in [3.8, 4) is 0 Å². The first kappa shape index (κ1) is 23.7. The van der Waals surface area contributed by atoms with Gasteiger partial charge in [-0.2, -0.15) is 0 Å². The summed E-state index contributed by atoms with van der Waals surface area (Å²) < 4.78 is 7.75. The minimum absolute atomic E-state index is 0.0331. The van der Waals surface area contributed by atoms with Crippen LogP contribution in [0.2, 0.25) is 10.0 Å². The van der Waals surface area contributed by atoms with Crippen LogP contribution in [0.3, 0.4) is 0 Å². The lowest BCUT2D eigenvalue weighted by molar-refractivity contribution is 0.0209. The van der Waals surface area contributed by atoms with Gasteiger partial charge in [-0.1, -0.05) is 41.4 Å². The molecule has 1 fully saturated rings. The number of amides is 1. The van der Waals surface area contributed by atoms with E-state index in [4.69, 9.17) is 32.9 Å². The molecule has 0 unspecified atom stereocenters. The average Bonchev–Trinajstić information content (AvgIpc) is 3.13. The number of hydrogen-bond acceptors (Lipinski definition) is 4. The van der Waals surface area contributed by atoms with Crippen molar-refractivity contribution in [1.82, 2.24) is 14.5 Å². The highest BCUT2D eigenvalue weighted by atomic mass is 35.5. The van der Waals surface area contributed by atoms with E-state index in [-0.39, 0.29) is 12.1 Å². The summed E-state index contributed by atoms with van der Waals surface area (Å²) >= 11 is 13.0. The quantitative estimate of drug-likeness (QED) is 0.436. The van der Waals surface area contributed by atoms with Gasteiger partial charge in [-0.05, 0) is 57.9 Å². The molecule has 1 aliphatic rings. The maximum Gasteiger partial charge on any atom is 0.410 e. The molecule has 4 rings (SSSR count). The van der Waals surface area contributed by atoms with Gasteiger partial charge in [0.2, 0.25) is 5.95 Å². The zero-order valence-corrected chi connectivity index (χ0v) is 21.0. The molecule has 0 radical (unpaired) electrons. The van der Waals surface area contributed by atoms with Gasteiger partial charge in [0.25, 0.3) is 0 Å². The number of piperidine rings is 1. The molecule has 1 aromatic heterocycles. The van der Waals surface area contributed by atoms with Gasteiger partial charge in [-0.3, -0.25) is 0 Å². The van der Waals surface area contributed by atoms with Crippen LogP contribution in [-0.4, -0.2) is 52.3 Å². The van der Waals surface area contributed by atoms with Crippen molar-refractivity contribution >= 4 is 46.3 Å². The summed E-state index contributed by atoms with van der Waals surface area (Å²) in [6.45, 7) is 7.70. The van der Waals surface area contributed by atoms with Crippen molar-refractivity contribution in [1.29, 1.82) is 0 Å². The number of carbonyl (C=O) groups excluding carboxylic acids is 1. The summed E-state index contributed by atoms with van der Waals surface area (Å²) in [6, 6.07) is 13.7. The molecule has 1 saturated heterocycles. The van der Waals surface area contributed by atoms with E-state index in [1.165, 1.54) is 0 Å². The second-order valence-electron chi connectivity index (χ2n) is 9.52. The van der Waals surface area contributed by atoms with E-state index in [0.29, 0.717) is 23.1 Å². The molecule has 0 N–H and O–H groups in total. The van der Waals surface area contributed by atoms with Crippen LogP contribution < -0.4 is 4.90 Å². The topological polar surface area (TPSA) is 50.6 Å². The molecule has 0 bridgehead atoms. The van der Waals surface area contributed by atoms with E-state index < -0.39 is 5.60 Å². The fraction of sp³-hybridized carbons (Fsp3) is 0.440. The third-order valence-corrected chi connectivity index (χ3v) is 6.63. The van der Waals surface area contributed by atoms with Crippen molar-refractivity contribution in [2.24, 2.45) is 0 Å². The molecule has 1 atom stereocenters. The van der Waals surface area contributed by atoms with Gasteiger partial charge < -0.3 is 19.1 Å². The second-order valence-corrected chi connectivity index (χ2v) is 10.3. The Hall–Kier alpha value is -2.44. The molecule has 0 aliphatic carbocycles. The first-order chi connectivity index (χ1) is 15.6. The predicted molar refractivity (Wildman–Crippen MR) is 135 cm³/mol. The molecular weight excluding hydrogens is 459 g/mol. The van der Waals surface area contributed by atoms with Gasteiger partial charge in [-0.25, -0.2) is 9.78 Å². The highest BCUT2D eigenvalue weighted by Crippen LogP contribution is 2.31. The third kappa shape index (κ3) is 5.22. The minimum atomic E-state index is -0.526. The van der Waals surface area contributed by atoms with Crippen LogP contribution in [0.25, 0.3) is 11.0 Å². The monoisotopic (exact) mass is 488 g/mol. The maximum absolute atomic E-state index is 12.7. The normalized spacial score (nSPS) is 16.8. The Labute approximate surface area is 205 Å². The average molecular weight is 489 g/mol. The molecule has 176 valence electrons. The largest absolute Gasteiger partial charge is 0.444 e. The Balaban J connectivity index is 1.65. The van der Waals surface area contributed by atoms with E-state index in [1.807, 2.05) is 64.2 Å².